The average Bonchev–Trinajstić information content (AvgIpc) is 2.37. The van der Waals surface area contributed by atoms with Crippen molar-refractivity contribution >= 4 is 20.9 Å². The van der Waals surface area contributed by atoms with Crippen LogP contribution in [0.3, 0.4) is 0 Å². The summed E-state index contributed by atoms with van der Waals surface area (Å²) in [6.07, 6.45) is 2.80. The predicted molar refractivity (Wildman–Crippen MR) is 71.5 cm³/mol. The van der Waals surface area contributed by atoms with Crippen LogP contribution in [0.4, 0.5) is 0 Å². The molecule has 5 heteroatoms. The Morgan fingerprint density at radius 3 is 2.83 bits per heavy atom. The summed E-state index contributed by atoms with van der Waals surface area (Å²) in [5.74, 6) is -0.0971. The highest BCUT2D eigenvalue weighted by Gasteiger charge is 2.22. The number of hydrogen-bond acceptors (Lipinski definition) is 4. The quantitative estimate of drug-likeness (QED) is 0.760. The summed E-state index contributed by atoms with van der Waals surface area (Å²) >= 11 is 0. The molecule has 1 aromatic rings. The van der Waals surface area contributed by atoms with Gasteiger partial charge < -0.3 is 10.1 Å². The normalized spacial score (nSPS) is 18.5. The van der Waals surface area contributed by atoms with Gasteiger partial charge in [-0.3, -0.25) is 0 Å². The molecule has 0 fully saturated rings. The van der Waals surface area contributed by atoms with Crippen molar-refractivity contribution in [1.82, 2.24) is 5.32 Å². The Hall–Kier alpha value is -1.59. The van der Waals surface area contributed by atoms with Gasteiger partial charge in [0.05, 0.1) is 5.75 Å². The number of rotatable bonds is 4. The summed E-state index contributed by atoms with van der Waals surface area (Å²) in [4.78, 5) is 0. The van der Waals surface area contributed by atoms with Crippen molar-refractivity contribution < 1.29 is 13.2 Å². The van der Waals surface area contributed by atoms with Gasteiger partial charge in [-0.1, -0.05) is 30.3 Å². The third kappa shape index (κ3) is 2.32. The summed E-state index contributed by atoms with van der Waals surface area (Å²) in [7, 11) is -1.87. The van der Waals surface area contributed by atoms with E-state index in [1.807, 2.05) is 24.3 Å². The Labute approximate surface area is 106 Å². The van der Waals surface area contributed by atoms with E-state index in [9.17, 15) is 8.42 Å². The molecular formula is C13H15NO3S. The molecule has 0 saturated carbocycles. The van der Waals surface area contributed by atoms with Crippen LogP contribution in [0.1, 0.15) is 0 Å². The molecule has 1 atom stereocenters. The molecule has 2 rings (SSSR count). The molecule has 1 N–H and O–H groups in total. The minimum atomic E-state index is -3.40. The van der Waals surface area contributed by atoms with Crippen molar-refractivity contribution in [2.75, 3.05) is 12.9 Å². The number of nitrogens with one attached hydrogen (secondary N) is 1. The Kier molecular flexibility index (Phi) is 3.54. The van der Waals surface area contributed by atoms with Crippen molar-refractivity contribution in [2.24, 2.45) is 0 Å². The van der Waals surface area contributed by atoms with Crippen LogP contribution < -0.4 is 15.8 Å². The first kappa shape index (κ1) is 12.9. The minimum absolute atomic E-state index is 0.0971. The van der Waals surface area contributed by atoms with Gasteiger partial charge in [0.25, 0.3) is 0 Å². The Bertz CT molecular complexity index is 676. The molecule has 0 amide bonds. The van der Waals surface area contributed by atoms with Crippen molar-refractivity contribution in [2.45, 2.75) is 6.23 Å². The fraction of sp³-hybridized carbons (Fsp3) is 0.231. The van der Waals surface area contributed by atoms with E-state index in [2.05, 4.69) is 11.9 Å². The van der Waals surface area contributed by atoms with Gasteiger partial charge in [-0.15, -0.1) is 6.58 Å². The van der Waals surface area contributed by atoms with Gasteiger partial charge >= 0.3 is 0 Å². The molecule has 0 bridgehead atoms. The topological polar surface area (TPSA) is 55.4 Å². The first-order valence-electron chi connectivity index (χ1n) is 5.52. The highest BCUT2D eigenvalue weighted by molar-refractivity contribution is 8.00. The molecule has 1 heterocycles. The Morgan fingerprint density at radius 1 is 1.44 bits per heavy atom. The van der Waals surface area contributed by atoms with Crippen LogP contribution in [0.5, 0.6) is 0 Å². The van der Waals surface area contributed by atoms with Gasteiger partial charge in [-0.25, -0.2) is 8.42 Å². The molecule has 1 aliphatic heterocycles. The number of methoxy groups -OCH3 is 1. The molecule has 1 aromatic carbocycles. The van der Waals surface area contributed by atoms with Crippen LogP contribution in [-0.4, -0.2) is 27.5 Å². The molecule has 1 unspecified atom stereocenters. The number of sulfone groups is 1. The van der Waals surface area contributed by atoms with Gasteiger partial charge in [0.1, 0.15) is 11.3 Å². The fourth-order valence-electron chi connectivity index (χ4n) is 1.88. The first-order valence-corrected chi connectivity index (χ1v) is 7.18. The highest BCUT2D eigenvalue weighted by Crippen LogP contribution is 2.08. The maximum absolute atomic E-state index is 12.2. The molecule has 0 aromatic heterocycles. The number of benzene rings is 1. The molecule has 96 valence electrons. The maximum Gasteiger partial charge on any atom is 0.197 e. The zero-order valence-corrected chi connectivity index (χ0v) is 10.9. The molecule has 0 saturated heterocycles. The molecule has 0 aliphatic carbocycles. The summed E-state index contributed by atoms with van der Waals surface area (Å²) in [5, 5.41) is 4.62. The third-order valence-corrected chi connectivity index (χ3v) is 4.35. The summed E-state index contributed by atoms with van der Waals surface area (Å²) in [6.45, 7) is 3.48. The number of hydrogen-bond donors (Lipinski definition) is 1. The molecule has 0 radical (unpaired) electrons. The smallest absolute Gasteiger partial charge is 0.197 e. The number of ether oxygens (including phenoxy) is 1. The van der Waals surface area contributed by atoms with E-state index in [-0.39, 0.29) is 10.8 Å². The van der Waals surface area contributed by atoms with Crippen molar-refractivity contribution in [1.29, 1.82) is 0 Å². The molecule has 18 heavy (non-hydrogen) atoms. The van der Waals surface area contributed by atoms with Crippen molar-refractivity contribution in [3.05, 3.63) is 47.4 Å². The largest absolute Gasteiger partial charge is 0.358 e. The van der Waals surface area contributed by atoms with E-state index in [1.54, 1.807) is 6.07 Å². The van der Waals surface area contributed by atoms with Gasteiger partial charge in [0.15, 0.2) is 9.84 Å². The third-order valence-electron chi connectivity index (χ3n) is 2.71. The zero-order chi connectivity index (χ0) is 13.2. The van der Waals surface area contributed by atoms with Crippen LogP contribution in [0.2, 0.25) is 0 Å². The predicted octanol–water partition coefficient (Wildman–Crippen LogP) is -0.291. The highest BCUT2D eigenvalue weighted by atomic mass is 32.2. The van der Waals surface area contributed by atoms with Crippen molar-refractivity contribution in [3.8, 4) is 0 Å². The lowest BCUT2D eigenvalue weighted by Gasteiger charge is -2.21. The van der Waals surface area contributed by atoms with E-state index < -0.39 is 16.1 Å². The summed E-state index contributed by atoms with van der Waals surface area (Å²) in [6, 6.07) is 7.32. The van der Waals surface area contributed by atoms with Crippen LogP contribution in [0, 0.1) is 0 Å². The average molecular weight is 265 g/mol. The first-order chi connectivity index (χ1) is 8.58. The minimum Gasteiger partial charge on any atom is -0.358 e. The van der Waals surface area contributed by atoms with Gasteiger partial charge in [-0.2, -0.15) is 0 Å². The van der Waals surface area contributed by atoms with Gasteiger partial charge in [0, 0.05) is 12.3 Å². The maximum atomic E-state index is 12.2. The van der Waals surface area contributed by atoms with E-state index >= 15 is 0 Å². The van der Waals surface area contributed by atoms with E-state index in [0.29, 0.717) is 5.22 Å². The van der Waals surface area contributed by atoms with Crippen LogP contribution in [0.15, 0.2) is 36.9 Å². The molecule has 0 spiro atoms. The van der Waals surface area contributed by atoms with Crippen LogP contribution in [0.25, 0.3) is 11.1 Å². The Morgan fingerprint density at radius 2 is 2.17 bits per heavy atom. The summed E-state index contributed by atoms with van der Waals surface area (Å²) in [5.41, 5.74) is 0. The van der Waals surface area contributed by atoms with E-state index in [0.717, 1.165) is 5.22 Å². The second-order valence-corrected chi connectivity index (χ2v) is 5.92. The van der Waals surface area contributed by atoms with E-state index in [4.69, 9.17) is 4.74 Å². The lowest BCUT2D eigenvalue weighted by Crippen LogP contribution is -2.45. The summed E-state index contributed by atoms with van der Waals surface area (Å²) < 4.78 is 29.5. The van der Waals surface area contributed by atoms with Gasteiger partial charge in [0.2, 0.25) is 0 Å². The van der Waals surface area contributed by atoms with E-state index in [1.165, 1.54) is 13.2 Å². The van der Waals surface area contributed by atoms with Crippen molar-refractivity contribution in [3.63, 3.8) is 0 Å². The Balaban J connectivity index is 2.72. The molecular weight excluding hydrogens is 250 g/mol. The monoisotopic (exact) mass is 265 g/mol. The molecule has 4 nitrogen and oxygen atoms in total. The zero-order valence-electron chi connectivity index (χ0n) is 10.1. The van der Waals surface area contributed by atoms with Gasteiger partial charge in [-0.05, 0) is 11.3 Å². The standard InChI is InChI=1S/C13H15NO3S/c1-3-8-18(15,16)13-11-7-5-4-6-10(11)9-12(14-13)17-2/h3-7,9,12,14H,1,8H2,2H3. The lowest BCUT2D eigenvalue weighted by molar-refractivity contribution is 0.139. The van der Waals surface area contributed by atoms with Crippen LogP contribution in [-0.2, 0) is 14.6 Å². The SMILES string of the molecule is C=CCS(=O)(=O)C1=c2ccccc2=CC(OC)N1. The second kappa shape index (κ2) is 4.96. The fourth-order valence-corrected chi connectivity index (χ4v) is 3.18. The number of fused-ring (bicyclic) bond motifs is 1. The van der Waals surface area contributed by atoms with Crippen LogP contribution >= 0.6 is 0 Å². The molecule has 1 aliphatic rings. The second-order valence-electron chi connectivity index (χ2n) is 3.95. The lowest BCUT2D eigenvalue weighted by atomic mass is 10.2.